The summed E-state index contributed by atoms with van der Waals surface area (Å²) in [5.41, 5.74) is 0. The topological polar surface area (TPSA) is 53.2 Å². The summed E-state index contributed by atoms with van der Waals surface area (Å²) in [6.45, 7) is 6.31. The van der Waals surface area contributed by atoms with Gasteiger partial charge in [-0.3, -0.25) is 4.79 Å². The summed E-state index contributed by atoms with van der Waals surface area (Å²) in [7, 11) is 0. The summed E-state index contributed by atoms with van der Waals surface area (Å²) in [6, 6.07) is 0. The lowest BCUT2D eigenvalue weighted by molar-refractivity contribution is -0.120. The van der Waals surface area contributed by atoms with Gasteiger partial charge in [0.15, 0.2) is 5.11 Å². The zero-order valence-electron chi connectivity index (χ0n) is 9.56. The summed E-state index contributed by atoms with van der Waals surface area (Å²) >= 11 is 5.00. The molecule has 0 radical (unpaired) electrons. The zero-order chi connectivity index (χ0) is 11.5. The number of carbonyl (C=O) groups excluding carboxylic acids is 1. The highest BCUT2D eigenvalue weighted by Crippen LogP contribution is 1.80. The molecule has 0 unspecified atom stereocenters. The Bertz CT molecular complexity index is 177. The van der Waals surface area contributed by atoms with Crippen LogP contribution in [0.25, 0.3) is 0 Å². The first-order valence-corrected chi connectivity index (χ1v) is 5.89. The fourth-order valence-electron chi connectivity index (χ4n) is 0.943. The van der Waals surface area contributed by atoms with E-state index in [0.29, 0.717) is 18.1 Å². The SMILES string of the molecule is CCCNC(=O)CCNC(=S)NCCC. The molecule has 0 atom stereocenters. The quantitative estimate of drug-likeness (QED) is 0.567. The van der Waals surface area contributed by atoms with E-state index in [4.69, 9.17) is 12.2 Å². The first-order chi connectivity index (χ1) is 7.20. The van der Waals surface area contributed by atoms with Crippen LogP contribution in [0.15, 0.2) is 0 Å². The molecule has 5 heteroatoms. The van der Waals surface area contributed by atoms with E-state index in [1.807, 2.05) is 6.92 Å². The lowest BCUT2D eigenvalue weighted by Gasteiger charge is -2.09. The Morgan fingerprint density at radius 1 is 1.00 bits per heavy atom. The van der Waals surface area contributed by atoms with Gasteiger partial charge in [-0.15, -0.1) is 0 Å². The van der Waals surface area contributed by atoms with Crippen LogP contribution >= 0.6 is 12.2 Å². The number of nitrogens with one attached hydrogen (secondary N) is 3. The maximum atomic E-state index is 11.2. The monoisotopic (exact) mass is 231 g/mol. The Hall–Kier alpha value is -0.840. The molecule has 1 amide bonds. The molecule has 4 nitrogen and oxygen atoms in total. The van der Waals surface area contributed by atoms with Gasteiger partial charge < -0.3 is 16.0 Å². The van der Waals surface area contributed by atoms with Crippen molar-refractivity contribution in [2.45, 2.75) is 33.1 Å². The van der Waals surface area contributed by atoms with Crippen LogP contribution in [0, 0.1) is 0 Å². The van der Waals surface area contributed by atoms with E-state index in [1.165, 1.54) is 0 Å². The largest absolute Gasteiger partial charge is 0.363 e. The van der Waals surface area contributed by atoms with Crippen molar-refractivity contribution in [3.63, 3.8) is 0 Å². The molecule has 0 aromatic heterocycles. The van der Waals surface area contributed by atoms with Crippen LogP contribution in [0.4, 0.5) is 0 Å². The van der Waals surface area contributed by atoms with Crippen LogP contribution in [0.1, 0.15) is 33.1 Å². The maximum Gasteiger partial charge on any atom is 0.221 e. The molecule has 88 valence electrons. The molecular formula is C10H21N3OS. The van der Waals surface area contributed by atoms with Crippen LogP contribution in [-0.2, 0) is 4.79 Å². The van der Waals surface area contributed by atoms with E-state index in [2.05, 4.69) is 22.9 Å². The molecule has 0 heterocycles. The van der Waals surface area contributed by atoms with E-state index >= 15 is 0 Å². The summed E-state index contributed by atoms with van der Waals surface area (Å²) in [5, 5.41) is 9.45. The van der Waals surface area contributed by atoms with Gasteiger partial charge in [-0.1, -0.05) is 13.8 Å². The minimum absolute atomic E-state index is 0.0719. The van der Waals surface area contributed by atoms with Gasteiger partial charge in [0.2, 0.25) is 5.91 Å². The summed E-state index contributed by atoms with van der Waals surface area (Å²) in [6.07, 6.45) is 2.47. The predicted octanol–water partition coefficient (Wildman–Crippen LogP) is 0.777. The van der Waals surface area contributed by atoms with E-state index in [0.717, 1.165) is 25.9 Å². The third-order valence-corrected chi connectivity index (χ3v) is 2.03. The third-order valence-electron chi connectivity index (χ3n) is 1.75. The van der Waals surface area contributed by atoms with Gasteiger partial charge in [0.25, 0.3) is 0 Å². The number of hydrogen-bond acceptors (Lipinski definition) is 2. The maximum absolute atomic E-state index is 11.2. The Kier molecular flexibility index (Phi) is 9.16. The van der Waals surface area contributed by atoms with Crippen molar-refractivity contribution in [1.29, 1.82) is 0 Å². The molecule has 0 aliphatic carbocycles. The van der Waals surface area contributed by atoms with Gasteiger partial charge in [-0.25, -0.2) is 0 Å². The highest BCUT2D eigenvalue weighted by atomic mass is 32.1. The lowest BCUT2D eigenvalue weighted by atomic mass is 10.4. The molecule has 0 bridgehead atoms. The predicted molar refractivity (Wildman–Crippen MR) is 66.8 cm³/mol. The summed E-state index contributed by atoms with van der Waals surface area (Å²) < 4.78 is 0. The van der Waals surface area contributed by atoms with Crippen molar-refractivity contribution in [2.75, 3.05) is 19.6 Å². The Morgan fingerprint density at radius 3 is 2.13 bits per heavy atom. The first-order valence-electron chi connectivity index (χ1n) is 5.49. The Balaban J connectivity index is 3.36. The molecule has 0 aromatic rings. The van der Waals surface area contributed by atoms with Crippen molar-refractivity contribution in [3.05, 3.63) is 0 Å². The highest BCUT2D eigenvalue weighted by molar-refractivity contribution is 7.80. The Morgan fingerprint density at radius 2 is 1.53 bits per heavy atom. The van der Waals surface area contributed by atoms with Crippen LogP contribution in [0.5, 0.6) is 0 Å². The van der Waals surface area contributed by atoms with Crippen molar-refractivity contribution < 1.29 is 4.79 Å². The second-order valence-corrected chi connectivity index (χ2v) is 3.69. The smallest absolute Gasteiger partial charge is 0.221 e. The number of rotatable bonds is 7. The van der Waals surface area contributed by atoms with Gasteiger partial charge >= 0.3 is 0 Å². The van der Waals surface area contributed by atoms with E-state index in [9.17, 15) is 4.79 Å². The van der Waals surface area contributed by atoms with E-state index < -0.39 is 0 Å². The lowest BCUT2D eigenvalue weighted by Crippen LogP contribution is -2.37. The average molecular weight is 231 g/mol. The summed E-state index contributed by atoms with van der Waals surface area (Å²) in [5.74, 6) is 0.0719. The van der Waals surface area contributed by atoms with Crippen molar-refractivity contribution >= 4 is 23.2 Å². The Labute approximate surface area is 97.2 Å². The minimum atomic E-state index is 0.0719. The van der Waals surface area contributed by atoms with Crippen molar-refractivity contribution in [2.24, 2.45) is 0 Å². The van der Waals surface area contributed by atoms with Gasteiger partial charge in [-0.05, 0) is 25.1 Å². The van der Waals surface area contributed by atoms with Crippen LogP contribution < -0.4 is 16.0 Å². The fourth-order valence-corrected chi connectivity index (χ4v) is 1.15. The molecule has 0 rings (SSSR count). The van der Waals surface area contributed by atoms with Gasteiger partial charge in [0.1, 0.15) is 0 Å². The number of amides is 1. The zero-order valence-corrected chi connectivity index (χ0v) is 10.4. The van der Waals surface area contributed by atoms with E-state index in [-0.39, 0.29) is 5.91 Å². The molecule has 3 N–H and O–H groups in total. The molecule has 15 heavy (non-hydrogen) atoms. The molecule has 0 spiro atoms. The second kappa shape index (κ2) is 9.71. The normalized spacial score (nSPS) is 9.47. The standard InChI is InChI=1S/C10H21N3OS/c1-3-6-11-9(14)5-8-13-10(15)12-7-4-2/h3-8H2,1-2H3,(H,11,14)(H2,12,13,15). The minimum Gasteiger partial charge on any atom is -0.363 e. The van der Waals surface area contributed by atoms with Crippen LogP contribution in [-0.4, -0.2) is 30.7 Å². The van der Waals surface area contributed by atoms with Gasteiger partial charge in [0, 0.05) is 26.1 Å². The fraction of sp³-hybridized carbons (Fsp3) is 0.800. The molecule has 0 saturated heterocycles. The number of thiocarbonyl (C=S) groups is 1. The molecule has 0 fully saturated rings. The van der Waals surface area contributed by atoms with Gasteiger partial charge in [-0.2, -0.15) is 0 Å². The molecule has 0 aliphatic rings. The second-order valence-electron chi connectivity index (χ2n) is 3.28. The first kappa shape index (κ1) is 14.2. The summed E-state index contributed by atoms with van der Waals surface area (Å²) in [4.78, 5) is 11.2. The van der Waals surface area contributed by atoms with Crippen molar-refractivity contribution in [1.82, 2.24) is 16.0 Å². The van der Waals surface area contributed by atoms with Crippen LogP contribution in [0.3, 0.4) is 0 Å². The molecule has 0 aliphatic heterocycles. The molecule has 0 saturated carbocycles. The third kappa shape index (κ3) is 9.46. The van der Waals surface area contributed by atoms with Crippen molar-refractivity contribution in [3.8, 4) is 0 Å². The number of carbonyl (C=O) groups is 1. The highest BCUT2D eigenvalue weighted by Gasteiger charge is 1.99. The van der Waals surface area contributed by atoms with E-state index in [1.54, 1.807) is 0 Å². The van der Waals surface area contributed by atoms with Gasteiger partial charge in [0.05, 0.1) is 0 Å². The molecular weight excluding hydrogens is 210 g/mol. The number of hydrogen-bond donors (Lipinski definition) is 3. The van der Waals surface area contributed by atoms with Crippen LogP contribution in [0.2, 0.25) is 0 Å². The average Bonchev–Trinajstić information content (AvgIpc) is 2.23. The molecule has 0 aromatic carbocycles.